The molecule has 1 heterocycles. The number of oxazole rings is 1. The van der Waals surface area contributed by atoms with Crippen LogP contribution in [0.5, 0.6) is 0 Å². The third-order valence-electron chi connectivity index (χ3n) is 1.88. The van der Waals surface area contributed by atoms with Gasteiger partial charge < -0.3 is 4.42 Å². The Hall–Kier alpha value is -1.03. The number of hydrogen-bond acceptors (Lipinski definition) is 3. The summed E-state index contributed by atoms with van der Waals surface area (Å²) in [5, 5.41) is -0.455. The number of hydrogen-bond donors (Lipinski definition) is 0. The smallest absolute Gasteiger partial charge is 0.252 e. The molecule has 2 aromatic rings. The Kier molecular flexibility index (Phi) is 3.19. The molecule has 0 aliphatic rings. The van der Waals surface area contributed by atoms with Gasteiger partial charge in [-0.05, 0) is 35.3 Å². The highest BCUT2D eigenvalue weighted by Gasteiger charge is 2.12. The van der Waals surface area contributed by atoms with Crippen LogP contribution in [0.1, 0.15) is 10.4 Å². The maximum atomic E-state index is 11.0. The fraction of sp³-hybridized carbons (Fsp3) is 0. The first-order valence-corrected chi connectivity index (χ1v) is 5.33. The highest BCUT2D eigenvalue weighted by molar-refractivity contribution is 6.67. The Bertz CT molecular complexity index is 531. The normalized spacial score (nSPS) is 10.4. The van der Waals surface area contributed by atoms with Crippen LogP contribution in [0.2, 0.25) is 10.4 Å². The summed E-state index contributed by atoms with van der Waals surface area (Å²) in [5.41, 5.74) is 0.935. The summed E-state index contributed by atoms with van der Waals surface area (Å²) in [7, 11) is 0. The molecule has 1 aromatic carbocycles. The molecular weight excluding hydrogens is 272 g/mol. The number of nitrogens with zero attached hydrogens (tertiary/aromatic N) is 1. The second-order valence-electron chi connectivity index (χ2n) is 2.94. The first kappa shape index (κ1) is 11.5. The summed E-state index contributed by atoms with van der Waals surface area (Å²) in [4.78, 5) is 14.9. The lowest BCUT2D eigenvalue weighted by atomic mass is 10.1. The quantitative estimate of drug-likeness (QED) is 0.778. The van der Waals surface area contributed by atoms with Crippen LogP contribution in [0.15, 0.2) is 28.7 Å². The van der Waals surface area contributed by atoms with Crippen molar-refractivity contribution in [1.29, 1.82) is 0 Å². The van der Waals surface area contributed by atoms with E-state index in [1.165, 1.54) is 0 Å². The highest BCUT2D eigenvalue weighted by atomic mass is 35.5. The zero-order valence-electron chi connectivity index (χ0n) is 7.71. The number of carbonyl (C=O) groups excluding carboxylic acids is 1. The average molecular weight is 277 g/mol. The molecule has 0 aliphatic heterocycles. The van der Waals surface area contributed by atoms with Gasteiger partial charge in [-0.3, -0.25) is 4.79 Å². The summed E-state index contributed by atoms with van der Waals surface area (Å²) in [6.45, 7) is 0. The second kappa shape index (κ2) is 4.45. The van der Waals surface area contributed by atoms with Crippen molar-refractivity contribution in [2.24, 2.45) is 0 Å². The molecule has 0 fully saturated rings. The van der Waals surface area contributed by atoms with E-state index in [1.807, 2.05) is 0 Å². The van der Waals surface area contributed by atoms with Crippen molar-refractivity contribution in [3.63, 3.8) is 0 Å². The second-order valence-corrected chi connectivity index (χ2v) is 3.98. The van der Waals surface area contributed by atoms with Crippen LogP contribution in [-0.2, 0) is 0 Å². The van der Waals surface area contributed by atoms with Crippen molar-refractivity contribution in [3.8, 4) is 11.5 Å². The number of carbonyl (C=O) groups is 1. The SMILES string of the molecule is O=C(Cl)c1cccc(-c2nc(Cl)c(Cl)o2)c1. The zero-order valence-corrected chi connectivity index (χ0v) is 9.97. The van der Waals surface area contributed by atoms with Gasteiger partial charge in [-0.15, -0.1) is 0 Å². The number of benzene rings is 1. The Morgan fingerprint density at radius 3 is 2.62 bits per heavy atom. The lowest BCUT2D eigenvalue weighted by molar-refractivity contribution is 0.108. The van der Waals surface area contributed by atoms with Crippen molar-refractivity contribution in [1.82, 2.24) is 4.98 Å². The van der Waals surface area contributed by atoms with Gasteiger partial charge >= 0.3 is 0 Å². The lowest BCUT2D eigenvalue weighted by Gasteiger charge is -1.97. The molecule has 16 heavy (non-hydrogen) atoms. The summed E-state index contributed by atoms with van der Waals surface area (Å²) in [5.74, 6) is 0.245. The first-order valence-electron chi connectivity index (χ1n) is 4.20. The first-order chi connectivity index (χ1) is 7.58. The van der Waals surface area contributed by atoms with E-state index in [4.69, 9.17) is 39.2 Å². The summed E-state index contributed by atoms with van der Waals surface area (Å²) in [6, 6.07) is 6.51. The van der Waals surface area contributed by atoms with Crippen LogP contribution in [-0.4, -0.2) is 10.2 Å². The van der Waals surface area contributed by atoms with E-state index in [1.54, 1.807) is 24.3 Å². The van der Waals surface area contributed by atoms with Crippen molar-refractivity contribution in [3.05, 3.63) is 40.2 Å². The van der Waals surface area contributed by atoms with Crippen molar-refractivity contribution >= 4 is 40.0 Å². The largest absolute Gasteiger partial charge is 0.423 e. The van der Waals surface area contributed by atoms with Crippen molar-refractivity contribution in [2.75, 3.05) is 0 Å². The molecule has 0 radical (unpaired) electrons. The Balaban J connectivity index is 2.48. The van der Waals surface area contributed by atoms with Crippen molar-refractivity contribution in [2.45, 2.75) is 0 Å². The predicted octanol–water partition coefficient (Wildman–Crippen LogP) is 4.03. The van der Waals surface area contributed by atoms with Crippen LogP contribution < -0.4 is 0 Å². The fourth-order valence-electron chi connectivity index (χ4n) is 1.18. The average Bonchev–Trinajstić information content (AvgIpc) is 2.59. The van der Waals surface area contributed by atoms with Gasteiger partial charge in [0.25, 0.3) is 5.24 Å². The van der Waals surface area contributed by atoms with Gasteiger partial charge in [-0.1, -0.05) is 23.7 Å². The monoisotopic (exact) mass is 275 g/mol. The molecule has 0 spiro atoms. The van der Waals surface area contributed by atoms with Crippen LogP contribution in [0.3, 0.4) is 0 Å². The molecule has 0 unspecified atom stereocenters. The van der Waals surface area contributed by atoms with Crippen LogP contribution in [0, 0.1) is 0 Å². The van der Waals surface area contributed by atoms with Gasteiger partial charge in [0, 0.05) is 11.1 Å². The predicted molar refractivity (Wildman–Crippen MR) is 62.1 cm³/mol. The third-order valence-corrected chi connectivity index (χ3v) is 2.71. The number of halogens is 3. The minimum atomic E-state index is -0.550. The van der Waals surface area contributed by atoms with E-state index in [0.29, 0.717) is 11.1 Å². The Morgan fingerprint density at radius 2 is 2.06 bits per heavy atom. The summed E-state index contributed by atoms with van der Waals surface area (Å²) >= 11 is 16.6. The van der Waals surface area contributed by atoms with Gasteiger partial charge in [-0.25, -0.2) is 0 Å². The molecule has 0 bridgehead atoms. The maximum Gasteiger partial charge on any atom is 0.252 e. The molecule has 1 aromatic heterocycles. The lowest BCUT2D eigenvalue weighted by Crippen LogP contribution is -1.88. The molecule has 0 atom stereocenters. The molecule has 82 valence electrons. The Labute approximate surface area is 106 Å². The zero-order chi connectivity index (χ0) is 11.7. The van der Waals surface area contributed by atoms with Gasteiger partial charge in [0.2, 0.25) is 11.1 Å². The molecule has 0 saturated heterocycles. The van der Waals surface area contributed by atoms with Gasteiger partial charge in [-0.2, -0.15) is 4.98 Å². The van der Waals surface area contributed by atoms with Crippen LogP contribution in [0.25, 0.3) is 11.5 Å². The molecule has 0 amide bonds. The third kappa shape index (κ3) is 2.21. The van der Waals surface area contributed by atoms with E-state index >= 15 is 0 Å². The van der Waals surface area contributed by atoms with E-state index < -0.39 is 5.24 Å². The van der Waals surface area contributed by atoms with Crippen LogP contribution in [0.4, 0.5) is 0 Å². The van der Waals surface area contributed by atoms with Crippen molar-refractivity contribution < 1.29 is 9.21 Å². The standard InChI is InChI=1S/C10H4Cl3NO2/c11-7-9(13)16-10(14-7)6-3-1-2-5(4-6)8(12)15/h1-4H. The number of aromatic nitrogens is 1. The molecule has 0 saturated carbocycles. The minimum absolute atomic E-state index is 0.0132. The summed E-state index contributed by atoms with van der Waals surface area (Å²) < 4.78 is 5.10. The van der Waals surface area contributed by atoms with E-state index in [0.717, 1.165) is 0 Å². The number of rotatable bonds is 2. The maximum absolute atomic E-state index is 11.0. The van der Waals surface area contributed by atoms with E-state index in [9.17, 15) is 4.79 Å². The van der Waals surface area contributed by atoms with Crippen LogP contribution >= 0.6 is 34.8 Å². The van der Waals surface area contributed by atoms with Gasteiger partial charge in [0.05, 0.1) is 0 Å². The molecule has 0 N–H and O–H groups in total. The molecule has 2 rings (SSSR count). The molecule has 3 nitrogen and oxygen atoms in total. The summed E-state index contributed by atoms with van der Waals surface area (Å²) in [6.07, 6.45) is 0. The molecular formula is C10H4Cl3NO2. The fourth-order valence-corrected chi connectivity index (χ4v) is 1.53. The van der Waals surface area contributed by atoms with E-state index in [2.05, 4.69) is 4.98 Å². The van der Waals surface area contributed by atoms with Gasteiger partial charge in [0.15, 0.2) is 5.15 Å². The van der Waals surface area contributed by atoms with Gasteiger partial charge in [0.1, 0.15) is 0 Å². The highest BCUT2D eigenvalue weighted by Crippen LogP contribution is 2.28. The Morgan fingerprint density at radius 1 is 1.31 bits per heavy atom. The molecule has 0 aliphatic carbocycles. The molecule has 6 heteroatoms. The minimum Gasteiger partial charge on any atom is -0.423 e. The van der Waals surface area contributed by atoms with E-state index in [-0.39, 0.29) is 16.3 Å². The topological polar surface area (TPSA) is 43.1 Å².